The molecule has 3 rings (SSSR count). The molecule has 0 saturated carbocycles. The van der Waals surface area contributed by atoms with Crippen LogP contribution in [0.25, 0.3) is 0 Å². The molecule has 1 atom stereocenters. The molecule has 1 aliphatic heterocycles. The highest BCUT2D eigenvalue weighted by Gasteiger charge is 2.22. The second kappa shape index (κ2) is 5.30. The van der Waals surface area contributed by atoms with E-state index in [0.717, 1.165) is 16.8 Å². The van der Waals surface area contributed by atoms with Crippen molar-refractivity contribution in [2.75, 3.05) is 5.32 Å². The number of benzene rings is 2. The number of alkyl halides is 1. The van der Waals surface area contributed by atoms with E-state index in [2.05, 4.69) is 37.2 Å². The lowest BCUT2D eigenvalue weighted by Crippen LogP contribution is -2.03. The summed E-state index contributed by atoms with van der Waals surface area (Å²) in [5, 5.41) is 2.79. The zero-order valence-electron chi connectivity index (χ0n) is 10.3. The van der Waals surface area contributed by atoms with Gasteiger partial charge in [0, 0.05) is 15.7 Å². The van der Waals surface area contributed by atoms with E-state index in [-0.39, 0.29) is 16.6 Å². The molecule has 0 saturated heterocycles. The molecule has 1 amide bonds. The van der Waals surface area contributed by atoms with Gasteiger partial charge in [0.25, 0.3) is 0 Å². The minimum atomic E-state index is -0.268. The fraction of sp³-hybridized carbons (Fsp3) is 0.133. The van der Waals surface area contributed by atoms with Gasteiger partial charge in [0.05, 0.1) is 11.2 Å². The van der Waals surface area contributed by atoms with E-state index >= 15 is 0 Å². The van der Waals surface area contributed by atoms with Crippen LogP contribution in [0.2, 0.25) is 0 Å². The first-order valence-electron chi connectivity index (χ1n) is 6.07. The van der Waals surface area contributed by atoms with Gasteiger partial charge >= 0.3 is 0 Å². The molecule has 0 aromatic heterocycles. The Kier molecular flexibility index (Phi) is 3.65. The molecule has 0 spiro atoms. The highest BCUT2D eigenvalue weighted by atomic mass is 79.9. The monoisotopic (exact) mass is 397 g/mol. The number of carbonyl (C=O) groups excluding carboxylic acids is 1. The fourth-order valence-electron chi connectivity index (χ4n) is 2.33. The highest BCUT2D eigenvalue weighted by Crippen LogP contribution is 2.38. The van der Waals surface area contributed by atoms with Gasteiger partial charge in [-0.05, 0) is 29.3 Å². The van der Waals surface area contributed by atoms with Gasteiger partial charge in [-0.15, -0.1) is 0 Å². The van der Waals surface area contributed by atoms with Crippen LogP contribution in [0.15, 0.2) is 40.9 Å². The lowest BCUT2D eigenvalue weighted by atomic mass is 10.0. The molecular formula is C15H10Br2FNO. The third kappa shape index (κ3) is 2.40. The van der Waals surface area contributed by atoms with Gasteiger partial charge in [0.15, 0.2) is 0 Å². The molecule has 20 heavy (non-hydrogen) atoms. The number of rotatable bonds is 2. The molecule has 0 aliphatic carbocycles. The van der Waals surface area contributed by atoms with E-state index in [1.54, 1.807) is 6.07 Å². The first kappa shape index (κ1) is 13.8. The van der Waals surface area contributed by atoms with Gasteiger partial charge in [0.1, 0.15) is 5.82 Å². The smallest absolute Gasteiger partial charge is 0.228 e. The maximum absolute atomic E-state index is 14.0. The van der Waals surface area contributed by atoms with Gasteiger partial charge in [-0.1, -0.05) is 50.1 Å². The van der Waals surface area contributed by atoms with Crippen LogP contribution in [0, 0.1) is 5.82 Å². The number of fused-ring (bicyclic) bond motifs is 1. The minimum Gasteiger partial charge on any atom is -0.326 e. The van der Waals surface area contributed by atoms with Crippen LogP contribution >= 0.6 is 31.9 Å². The van der Waals surface area contributed by atoms with Crippen molar-refractivity contribution in [2.45, 2.75) is 11.2 Å². The summed E-state index contributed by atoms with van der Waals surface area (Å²) in [5.41, 5.74) is 3.27. The van der Waals surface area contributed by atoms with Crippen molar-refractivity contribution in [1.29, 1.82) is 0 Å². The highest BCUT2D eigenvalue weighted by molar-refractivity contribution is 9.11. The Hall–Kier alpha value is -1.20. The molecule has 5 heteroatoms. The van der Waals surface area contributed by atoms with E-state index in [1.165, 1.54) is 6.07 Å². The summed E-state index contributed by atoms with van der Waals surface area (Å²) in [6, 6.07) is 10.6. The number of halogens is 3. The standard InChI is InChI=1S/C15H10Br2FNO/c16-10-2-1-3-11(18)14(10)15(17)8-4-5-12-9(6-8)7-13(20)19-12/h1-6,15H,7H2,(H,19,20). The first-order chi connectivity index (χ1) is 9.56. The Morgan fingerprint density at radius 3 is 2.80 bits per heavy atom. The molecule has 1 N–H and O–H groups in total. The predicted molar refractivity (Wildman–Crippen MR) is 83.6 cm³/mol. The van der Waals surface area contributed by atoms with Crippen LogP contribution in [-0.4, -0.2) is 5.91 Å². The summed E-state index contributed by atoms with van der Waals surface area (Å²) in [6.45, 7) is 0. The third-order valence-electron chi connectivity index (χ3n) is 3.30. The number of amides is 1. The zero-order chi connectivity index (χ0) is 14.3. The van der Waals surface area contributed by atoms with Gasteiger partial charge < -0.3 is 5.32 Å². The average molecular weight is 399 g/mol. The van der Waals surface area contributed by atoms with E-state index in [0.29, 0.717) is 16.5 Å². The minimum absolute atomic E-state index is 0.00431. The number of hydrogen-bond donors (Lipinski definition) is 1. The molecule has 0 fully saturated rings. The van der Waals surface area contributed by atoms with Crippen molar-refractivity contribution in [1.82, 2.24) is 0 Å². The zero-order valence-corrected chi connectivity index (χ0v) is 13.5. The lowest BCUT2D eigenvalue weighted by Gasteiger charge is -2.14. The fourth-order valence-corrected chi connectivity index (χ4v) is 3.95. The number of carbonyl (C=O) groups is 1. The van der Waals surface area contributed by atoms with Crippen LogP contribution in [0.3, 0.4) is 0 Å². The Bertz CT molecular complexity index is 682. The first-order valence-corrected chi connectivity index (χ1v) is 7.78. The van der Waals surface area contributed by atoms with Crippen molar-refractivity contribution in [3.63, 3.8) is 0 Å². The van der Waals surface area contributed by atoms with Crippen molar-refractivity contribution in [3.8, 4) is 0 Å². The summed E-state index contributed by atoms with van der Waals surface area (Å²) in [7, 11) is 0. The van der Waals surface area contributed by atoms with Gasteiger partial charge in [-0.25, -0.2) is 4.39 Å². The number of anilines is 1. The van der Waals surface area contributed by atoms with Crippen molar-refractivity contribution in [3.05, 3.63) is 63.4 Å². The van der Waals surface area contributed by atoms with Crippen LogP contribution in [-0.2, 0) is 11.2 Å². The molecule has 2 aromatic rings. The molecule has 2 nitrogen and oxygen atoms in total. The predicted octanol–water partition coefficient (Wildman–Crippen LogP) is 4.57. The van der Waals surface area contributed by atoms with E-state index in [4.69, 9.17) is 0 Å². The molecular weight excluding hydrogens is 389 g/mol. The van der Waals surface area contributed by atoms with E-state index in [9.17, 15) is 9.18 Å². The molecule has 102 valence electrons. The number of hydrogen-bond acceptors (Lipinski definition) is 1. The summed E-state index contributed by atoms with van der Waals surface area (Å²) in [5.74, 6) is -0.272. The Morgan fingerprint density at radius 2 is 2.05 bits per heavy atom. The van der Waals surface area contributed by atoms with Crippen LogP contribution in [0.4, 0.5) is 10.1 Å². The summed E-state index contributed by atoms with van der Waals surface area (Å²) in [6.07, 6.45) is 0.376. The summed E-state index contributed by atoms with van der Waals surface area (Å²) >= 11 is 6.92. The second-order valence-electron chi connectivity index (χ2n) is 4.64. The second-order valence-corrected chi connectivity index (χ2v) is 6.41. The van der Waals surface area contributed by atoms with Crippen molar-refractivity contribution >= 4 is 43.5 Å². The Balaban J connectivity index is 2.02. The van der Waals surface area contributed by atoms with E-state index in [1.807, 2.05) is 24.3 Å². The van der Waals surface area contributed by atoms with Gasteiger partial charge in [-0.2, -0.15) is 0 Å². The molecule has 1 heterocycles. The normalized spacial score (nSPS) is 14.8. The quantitative estimate of drug-likeness (QED) is 0.737. The SMILES string of the molecule is O=C1Cc2cc(C(Br)c3c(F)cccc3Br)ccc2N1. The van der Waals surface area contributed by atoms with Gasteiger partial charge in [-0.3, -0.25) is 4.79 Å². The maximum atomic E-state index is 14.0. The molecule has 1 unspecified atom stereocenters. The summed E-state index contributed by atoms with van der Waals surface area (Å²) in [4.78, 5) is 11.1. The summed E-state index contributed by atoms with van der Waals surface area (Å²) < 4.78 is 14.7. The van der Waals surface area contributed by atoms with E-state index < -0.39 is 0 Å². The molecule has 0 radical (unpaired) electrons. The molecule has 0 bridgehead atoms. The lowest BCUT2D eigenvalue weighted by molar-refractivity contribution is -0.115. The third-order valence-corrected chi connectivity index (χ3v) is 4.98. The Labute approximate surface area is 132 Å². The van der Waals surface area contributed by atoms with Gasteiger partial charge in [0.2, 0.25) is 5.91 Å². The Morgan fingerprint density at radius 1 is 1.25 bits per heavy atom. The van der Waals surface area contributed by atoms with Crippen LogP contribution < -0.4 is 5.32 Å². The molecule has 1 aliphatic rings. The topological polar surface area (TPSA) is 29.1 Å². The van der Waals surface area contributed by atoms with Crippen molar-refractivity contribution in [2.24, 2.45) is 0 Å². The largest absolute Gasteiger partial charge is 0.326 e. The molecule has 2 aromatic carbocycles. The van der Waals surface area contributed by atoms with Crippen molar-refractivity contribution < 1.29 is 9.18 Å². The van der Waals surface area contributed by atoms with Crippen LogP contribution in [0.5, 0.6) is 0 Å². The average Bonchev–Trinajstić information content (AvgIpc) is 2.77. The maximum Gasteiger partial charge on any atom is 0.228 e. The number of nitrogens with one attached hydrogen (secondary N) is 1. The van der Waals surface area contributed by atoms with Crippen LogP contribution in [0.1, 0.15) is 21.5 Å².